The lowest BCUT2D eigenvalue weighted by Crippen LogP contribution is -2.19. The summed E-state index contributed by atoms with van der Waals surface area (Å²) in [5.74, 6) is -0.679. The van der Waals surface area contributed by atoms with Crippen molar-refractivity contribution in [1.29, 1.82) is 0 Å². The molecule has 0 aliphatic heterocycles. The first-order chi connectivity index (χ1) is 8.92. The second-order valence-electron chi connectivity index (χ2n) is 3.84. The van der Waals surface area contributed by atoms with E-state index in [1.807, 2.05) is 0 Å². The van der Waals surface area contributed by atoms with Crippen LogP contribution in [0.15, 0.2) is 12.1 Å². The number of aromatic hydroxyl groups is 1. The molecule has 104 valence electrons. The Labute approximate surface area is 113 Å². The molecule has 8 heteroatoms. The van der Waals surface area contributed by atoms with Crippen molar-refractivity contribution in [3.05, 3.63) is 33.4 Å². The van der Waals surface area contributed by atoms with E-state index in [1.165, 1.54) is 0 Å². The smallest absolute Gasteiger partial charge is 0.311 e. The third-order valence-corrected chi connectivity index (χ3v) is 2.79. The van der Waals surface area contributed by atoms with E-state index in [-0.39, 0.29) is 29.7 Å². The Balaban J connectivity index is 3.25. The topological polar surface area (TPSA) is 121 Å². The van der Waals surface area contributed by atoms with Gasteiger partial charge >= 0.3 is 5.69 Å². The molecule has 0 aliphatic carbocycles. The van der Waals surface area contributed by atoms with Crippen molar-refractivity contribution in [2.45, 2.75) is 18.6 Å². The fourth-order valence-corrected chi connectivity index (χ4v) is 1.78. The number of nitro groups is 1. The van der Waals surface area contributed by atoms with Crippen molar-refractivity contribution in [3.8, 4) is 5.75 Å². The predicted octanol–water partition coefficient (Wildman–Crippen LogP) is 1.14. The minimum Gasteiger partial charge on any atom is -0.502 e. The van der Waals surface area contributed by atoms with Crippen LogP contribution < -0.4 is 0 Å². The Hall–Kier alpha value is -1.70. The molecule has 0 bridgehead atoms. The number of benzene rings is 1. The minimum absolute atomic E-state index is 0.0378. The van der Waals surface area contributed by atoms with Crippen LogP contribution in [0, 0.1) is 10.1 Å². The highest BCUT2D eigenvalue weighted by Crippen LogP contribution is 2.33. The minimum atomic E-state index is -1.43. The Bertz CT molecular complexity index is 492. The third-order valence-electron chi connectivity index (χ3n) is 2.58. The van der Waals surface area contributed by atoms with Gasteiger partial charge in [-0.2, -0.15) is 0 Å². The van der Waals surface area contributed by atoms with E-state index < -0.39 is 28.6 Å². The molecule has 0 aliphatic rings. The first kappa shape index (κ1) is 15.4. The zero-order chi connectivity index (χ0) is 14.6. The number of carbonyl (C=O) groups excluding carboxylic acids is 1. The van der Waals surface area contributed by atoms with E-state index >= 15 is 0 Å². The van der Waals surface area contributed by atoms with Gasteiger partial charge in [-0.3, -0.25) is 14.9 Å². The summed E-state index contributed by atoms with van der Waals surface area (Å²) in [5, 5.41) is 39.6. The molecule has 0 aromatic heterocycles. The largest absolute Gasteiger partial charge is 0.502 e. The molecule has 3 N–H and O–H groups in total. The second kappa shape index (κ2) is 6.46. The summed E-state index contributed by atoms with van der Waals surface area (Å²) in [6.45, 7) is 0. The van der Waals surface area contributed by atoms with Gasteiger partial charge in [-0.1, -0.05) is 0 Å². The average molecular weight is 290 g/mol. The number of carbonyl (C=O) groups is 1. The summed E-state index contributed by atoms with van der Waals surface area (Å²) in [7, 11) is 0. The number of phenolic OH excluding ortho intramolecular Hbond substituents is 1. The summed E-state index contributed by atoms with van der Waals surface area (Å²) in [6.07, 6.45) is -2.35. The highest BCUT2D eigenvalue weighted by Gasteiger charge is 2.25. The molecule has 7 nitrogen and oxygen atoms in total. The molecule has 0 radical (unpaired) electrons. The molecule has 2 unspecified atom stereocenters. The maximum Gasteiger partial charge on any atom is 0.311 e. The van der Waals surface area contributed by atoms with E-state index in [2.05, 4.69) is 0 Å². The van der Waals surface area contributed by atoms with E-state index in [0.717, 1.165) is 12.1 Å². The Kier molecular flexibility index (Phi) is 5.22. The first-order valence-electron chi connectivity index (χ1n) is 5.31. The van der Waals surface area contributed by atoms with Gasteiger partial charge < -0.3 is 15.3 Å². The van der Waals surface area contributed by atoms with Gasteiger partial charge in [0.2, 0.25) is 5.75 Å². The lowest BCUT2D eigenvalue weighted by Gasteiger charge is -2.17. The molecule has 0 heterocycles. The maximum atomic E-state index is 10.7. The van der Waals surface area contributed by atoms with Crippen LogP contribution in [0.4, 0.5) is 5.69 Å². The molecular weight excluding hydrogens is 278 g/mol. The van der Waals surface area contributed by atoms with Crippen molar-refractivity contribution in [1.82, 2.24) is 0 Å². The van der Waals surface area contributed by atoms with E-state index in [9.17, 15) is 30.2 Å². The molecule has 19 heavy (non-hydrogen) atoms. The molecule has 0 fully saturated rings. The standard InChI is InChI=1S/C11H12ClNO6/c12-2-1-9(15)11(17)6-3-7(5-14)10(16)8(4-6)13(18)19/h3-5,9,11,15-17H,1-2H2. The lowest BCUT2D eigenvalue weighted by molar-refractivity contribution is -0.386. The molecule has 0 saturated carbocycles. The summed E-state index contributed by atoms with van der Waals surface area (Å²) in [4.78, 5) is 20.6. The number of aldehydes is 1. The van der Waals surface area contributed by atoms with Crippen LogP contribution in [0.25, 0.3) is 0 Å². The number of nitrogens with zero attached hydrogens (tertiary/aromatic N) is 1. The highest BCUT2D eigenvalue weighted by molar-refractivity contribution is 6.17. The van der Waals surface area contributed by atoms with Crippen molar-refractivity contribution in [2.75, 3.05) is 5.88 Å². The summed E-state index contributed by atoms with van der Waals surface area (Å²) in [6, 6.07) is 1.99. The summed E-state index contributed by atoms with van der Waals surface area (Å²) < 4.78 is 0. The average Bonchev–Trinajstić information content (AvgIpc) is 2.38. The molecule has 1 aromatic rings. The number of hydrogen-bond acceptors (Lipinski definition) is 6. The van der Waals surface area contributed by atoms with E-state index in [0.29, 0.717) is 0 Å². The number of hydrogen-bond donors (Lipinski definition) is 3. The van der Waals surface area contributed by atoms with Crippen LogP contribution in [0.5, 0.6) is 5.75 Å². The normalized spacial score (nSPS) is 13.8. The SMILES string of the molecule is O=Cc1cc(C(O)C(O)CCCl)cc([N+](=O)[O-])c1O. The molecule has 0 amide bonds. The Morgan fingerprint density at radius 3 is 2.53 bits per heavy atom. The summed E-state index contributed by atoms with van der Waals surface area (Å²) in [5.41, 5.74) is -1.08. The number of halogens is 1. The molecule has 1 rings (SSSR count). The van der Waals surface area contributed by atoms with Crippen LogP contribution in [-0.2, 0) is 0 Å². The van der Waals surface area contributed by atoms with Crippen LogP contribution >= 0.6 is 11.6 Å². The van der Waals surface area contributed by atoms with Gasteiger partial charge in [-0.15, -0.1) is 11.6 Å². The fourth-order valence-electron chi connectivity index (χ4n) is 1.56. The third kappa shape index (κ3) is 3.40. The number of aliphatic hydroxyl groups excluding tert-OH is 2. The Morgan fingerprint density at radius 2 is 2.05 bits per heavy atom. The van der Waals surface area contributed by atoms with Crippen molar-refractivity contribution in [2.24, 2.45) is 0 Å². The molecule has 0 spiro atoms. The monoisotopic (exact) mass is 289 g/mol. The highest BCUT2D eigenvalue weighted by atomic mass is 35.5. The van der Waals surface area contributed by atoms with Gasteiger partial charge in [0.1, 0.15) is 6.10 Å². The lowest BCUT2D eigenvalue weighted by atomic mass is 9.99. The number of rotatable bonds is 6. The first-order valence-corrected chi connectivity index (χ1v) is 5.84. The quantitative estimate of drug-likeness (QED) is 0.312. The van der Waals surface area contributed by atoms with Crippen LogP contribution in [0.2, 0.25) is 0 Å². The zero-order valence-electron chi connectivity index (χ0n) is 9.69. The van der Waals surface area contributed by atoms with Gasteiger partial charge in [-0.25, -0.2) is 0 Å². The maximum absolute atomic E-state index is 10.7. The van der Waals surface area contributed by atoms with Gasteiger partial charge in [0.15, 0.2) is 6.29 Å². The van der Waals surface area contributed by atoms with Gasteiger partial charge in [0.25, 0.3) is 0 Å². The molecule has 2 atom stereocenters. The molecule has 0 saturated heterocycles. The van der Waals surface area contributed by atoms with Gasteiger partial charge in [0.05, 0.1) is 16.6 Å². The predicted molar refractivity (Wildman–Crippen MR) is 66.5 cm³/mol. The van der Waals surface area contributed by atoms with Gasteiger partial charge in [-0.05, 0) is 18.1 Å². The van der Waals surface area contributed by atoms with Crippen LogP contribution in [0.3, 0.4) is 0 Å². The number of nitro benzene ring substituents is 1. The molecule has 1 aromatic carbocycles. The van der Waals surface area contributed by atoms with Gasteiger partial charge in [0, 0.05) is 11.9 Å². The molecular formula is C11H12ClNO6. The van der Waals surface area contributed by atoms with E-state index in [4.69, 9.17) is 11.6 Å². The number of aliphatic hydroxyl groups is 2. The Morgan fingerprint density at radius 1 is 1.42 bits per heavy atom. The zero-order valence-corrected chi connectivity index (χ0v) is 10.4. The van der Waals surface area contributed by atoms with Crippen molar-refractivity contribution < 1.29 is 25.0 Å². The summed E-state index contributed by atoms with van der Waals surface area (Å²) >= 11 is 5.42. The fraction of sp³-hybridized carbons (Fsp3) is 0.364. The second-order valence-corrected chi connectivity index (χ2v) is 4.22. The van der Waals surface area contributed by atoms with Crippen molar-refractivity contribution >= 4 is 23.6 Å². The number of phenols is 1. The van der Waals surface area contributed by atoms with Crippen molar-refractivity contribution in [3.63, 3.8) is 0 Å². The van der Waals surface area contributed by atoms with E-state index in [1.54, 1.807) is 0 Å². The van der Waals surface area contributed by atoms with Crippen LogP contribution in [-0.4, -0.2) is 38.5 Å². The number of alkyl halides is 1. The van der Waals surface area contributed by atoms with Crippen LogP contribution in [0.1, 0.15) is 28.4 Å².